The number of hydrogen-bond acceptors (Lipinski definition) is 6. The topological polar surface area (TPSA) is 122 Å². The van der Waals surface area contributed by atoms with Crippen molar-refractivity contribution in [3.8, 4) is 0 Å². The first kappa shape index (κ1) is 20.4. The van der Waals surface area contributed by atoms with Crippen molar-refractivity contribution in [2.45, 2.75) is 31.8 Å². The van der Waals surface area contributed by atoms with Gasteiger partial charge in [0.2, 0.25) is 10.0 Å². The van der Waals surface area contributed by atoms with Gasteiger partial charge in [0, 0.05) is 20.2 Å². The summed E-state index contributed by atoms with van der Waals surface area (Å²) in [6.07, 6.45) is 0. The largest absolute Gasteiger partial charge is 0.383 e. The van der Waals surface area contributed by atoms with E-state index in [-0.39, 0.29) is 4.90 Å². The number of aryl methyl sites for hydroxylation is 2. The molecule has 2 N–H and O–H groups in total. The number of carbonyl (C=O) groups excluding carboxylic acids is 1. The summed E-state index contributed by atoms with van der Waals surface area (Å²) in [5.74, 6) is -0.410. The van der Waals surface area contributed by atoms with Crippen molar-refractivity contribution in [3.05, 3.63) is 40.5 Å². The van der Waals surface area contributed by atoms with Crippen LogP contribution >= 0.6 is 11.3 Å². The first-order valence-electron chi connectivity index (χ1n) is 8.53. The Kier molecular flexibility index (Phi) is 5.79. The number of carbonyl (C=O) groups is 1. The molecular weight excluding hydrogens is 402 g/mol. The third-order valence-electron chi connectivity index (χ3n) is 4.12. The number of nitrogens with zero attached hydrogens (tertiary/aromatic N) is 4. The third kappa shape index (κ3) is 4.07. The number of sulfonamides is 1. The third-order valence-corrected chi connectivity index (χ3v) is 6.07. The van der Waals surface area contributed by atoms with Crippen LogP contribution in [0.25, 0.3) is 10.2 Å². The zero-order chi connectivity index (χ0) is 20.5. The molecule has 2 heterocycles. The summed E-state index contributed by atoms with van der Waals surface area (Å²) in [6.45, 7) is 5.14. The van der Waals surface area contributed by atoms with Crippen molar-refractivity contribution in [2.24, 2.45) is 10.1 Å². The Bertz CT molecular complexity index is 1200. The second kappa shape index (κ2) is 7.95. The van der Waals surface area contributed by atoms with Crippen LogP contribution in [0.3, 0.4) is 0 Å². The predicted octanol–water partition coefficient (Wildman–Crippen LogP) is 1.26. The summed E-state index contributed by atoms with van der Waals surface area (Å²) in [5.41, 5.74) is 1.89. The minimum Gasteiger partial charge on any atom is -0.383 e. The molecule has 0 spiro atoms. The predicted molar refractivity (Wildman–Crippen MR) is 106 cm³/mol. The summed E-state index contributed by atoms with van der Waals surface area (Å²) in [4.78, 5) is 17.5. The van der Waals surface area contributed by atoms with Gasteiger partial charge in [0.1, 0.15) is 5.69 Å². The van der Waals surface area contributed by atoms with Gasteiger partial charge in [-0.1, -0.05) is 11.3 Å². The van der Waals surface area contributed by atoms with Crippen LogP contribution in [-0.2, 0) is 27.8 Å². The monoisotopic (exact) mass is 423 g/mol. The number of primary sulfonamides is 1. The highest BCUT2D eigenvalue weighted by Gasteiger charge is 2.16. The van der Waals surface area contributed by atoms with Crippen molar-refractivity contribution in [3.63, 3.8) is 0 Å². The molecule has 0 saturated carbocycles. The summed E-state index contributed by atoms with van der Waals surface area (Å²) in [7, 11) is -2.24. The average molecular weight is 424 g/mol. The van der Waals surface area contributed by atoms with E-state index in [1.54, 1.807) is 23.9 Å². The van der Waals surface area contributed by atoms with E-state index < -0.39 is 15.9 Å². The van der Waals surface area contributed by atoms with Crippen LogP contribution in [0.4, 0.5) is 0 Å². The lowest BCUT2D eigenvalue weighted by atomic mass is 10.3. The molecule has 150 valence electrons. The molecule has 11 heteroatoms. The Hall–Kier alpha value is -2.34. The van der Waals surface area contributed by atoms with E-state index >= 15 is 0 Å². The van der Waals surface area contributed by atoms with E-state index in [0.29, 0.717) is 34.9 Å². The molecule has 3 aromatic rings. The average Bonchev–Trinajstić information content (AvgIpc) is 3.18. The molecule has 1 amide bonds. The van der Waals surface area contributed by atoms with E-state index in [4.69, 9.17) is 9.88 Å². The Balaban J connectivity index is 2.17. The van der Waals surface area contributed by atoms with Gasteiger partial charge in [-0.25, -0.2) is 13.6 Å². The molecule has 0 aliphatic carbocycles. The molecule has 1 aromatic carbocycles. The number of benzene rings is 1. The van der Waals surface area contributed by atoms with Gasteiger partial charge in [-0.3, -0.25) is 9.48 Å². The van der Waals surface area contributed by atoms with Crippen molar-refractivity contribution in [1.82, 2.24) is 14.3 Å². The standard InChI is InChI=1S/C17H21N5O4S2/c1-4-22-14(9-11(2)20-22)16(23)19-17-21(7-8-26-3)13-6-5-12(28(18,24)25)10-15(13)27-17/h5-6,9-10H,4,7-8H2,1-3H3,(H2,18,24,25). The summed E-state index contributed by atoms with van der Waals surface area (Å²) >= 11 is 1.22. The lowest BCUT2D eigenvalue weighted by molar-refractivity contribution is 0.0987. The minimum absolute atomic E-state index is 0.0118. The highest BCUT2D eigenvalue weighted by Crippen LogP contribution is 2.21. The summed E-state index contributed by atoms with van der Waals surface area (Å²) in [6, 6.07) is 6.28. The lowest BCUT2D eigenvalue weighted by Crippen LogP contribution is -2.20. The van der Waals surface area contributed by atoms with Gasteiger partial charge in [0.15, 0.2) is 4.80 Å². The minimum atomic E-state index is -3.82. The van der Waals surface area contributed by atoms with Gasteiger partial charge in [0.05, 0.1) is 27.4 Å². The van der Waals surface area contributed by atoms with Gasteiger partial charge in [-0.05, 0) is 38.1 Å². The Labute approximate surface area is 166 Å². The molecule has 0 unspecified atom stereocenters. The zero-order valence-corrected chi connectivity index (χ0v) is 17.4. The fourth-order valence-electron chi connectivity index (χ4n) is 2.82. The Morgan fingerprint density at radius 2 is 2.11 bits per heavy atom. The van der Waals surface area contributed by atoms with E-state index in [1.165, 1.54) is 23.5 Å². The molecule has 2 aromatic heterocycles. The van der Waals surface area contributed by atoms with Crippen LogP contribution in [-0.4, -0.2) is 42.4 Å². The molecule has 0 aliphatic rings. The fourth-order valence-corrected chi connectivity index (χ4v) is 4.53. The van der Waals surface area contributed by atoms with Crippen molar-refractivity contribution >= 4 is 37.5 Å². The molecule has 0 atom stereocenters. The number of rotatable bonds is 6. The van der Waals surface area contributed by atoms with Crippen LogP contribution in [0.15, 0.2) is 34.2 Å². The second-order valence-electron chi connectivity index (χ2n) is 6.11. The SMILES string of the molecule is CCn1nc(C)cc1C(=O)N=c1sc2cc(S(N)(=O)=O)ccc2n1CCOC. The lowest BCUT2D eigenvalue weighted by Gasteiger charge is -2.05. The van der Waals surface area contributed by atoms with Crippen LogP contribution in [0.2, 0.25) is 0 Å². The number of hydrogen-bond donors (Lipinski definition) is 1. The van der Waals surface area contributed by atoms with Crippen LogP contribution in [0.5, 0.6) is 0 Å². The molecule has 9 nitrogen and oxygen atoms in total. The van der Waals surface area contributed by atoms with Gasteiger partial charge in [0.25, 0.3) is 5.91 Å². The fraction of sp³-hybridized carbons (Fsp3) is 0.353. The second-order valence-corrected chi connectivity index (χ2v) is 8.68. The normalized spacial score (nSPS) is 12.8. The van der Waals surface area contributed by atoms with Crippen molar-refractivity contribution in [2.75, 3.05) is 13.7 Å². The first-order chi connectivity index (χ1) is 13.2. The Morgan fingerprint density at radius 3 is 2.75 bits per heavy atom. The van der Waals surface area contributed by atoms with Gasteiger partial charge in [-0.15, -0.1) is 0 Å². The van der Waals surface area contributed by atoms with E-state index in [1.807, 2.05) is 18.4 Å². The number of amides is 1. The molecular formula is C17H21N5O4S2. The number of thiazole rings is 1. The van der Waals surface area contributed by atoms with Gasteiger partial charge in [-0.2, -0.15) is 10.1 Å². The molecule has 3 rings (SSSR count). The maximum Gasteiger partial charge on any atom is 0.297 e. The van der Waals surface area contributed by atoms with E-state index in [9.17, 15) is 13.2 Å². The van der Waals surface area contributed by atoms with E-state index in [2.05, 4.69) is 10.1 Å². The van der Waals surface area contributed by atoms with Gasteiger partial charge >= 0.3 is 0 Å². The summed E-state index contributed by atoms with van der Waals surface area (Å²) < 4.78 is 32.5. The highest BCUT2D eigenvalue weighted by atomic mass is 32.2. The number of fused-ring (bicyclic) bond motifs is 1. The van der Waals surface area contributed by atoms with Crippen LogP contribution < -0.4 is 9.94 Å². The quantitative estimate of drug-likeness (QED) is 0.640. The number of ether oxygens (including phenoxy) is 1. The molecule has 0 fully saturated rings. The maximum absolute atomic E-state index is 12.8. The number of aromatic nitrogens is 3. The zero-order valence-electron chi connectivity index (χ0n) is 15.7. The smallest absolute Gasteiger partial charge is 0.297 e. The highest BCUT2D eigenvalue weighted by molar-refractivity contribution is 7.89. The van der Waals surface area contributed by atoms with Crippen LogP contribution in [0.1, 0.15) is 23.1 Å². The molecule has 0 saturated heterocycles. The summed E-state index contributed by atoms with van der Waals surface area (Å²) in [5, 5.41) is 9.50. The number of methoxy groups -OCH3 is 1. The maximum atomic E-state index is 12.8. The molecule has 0 radical (unpaired) electrons. The first-order valence-corrected chi connectivity index (χ1v) is 10.9. The van der Waals surface area contributed by atoms with Crippen molar-refractivity contribution in [1.29, 1.82) is 0 Å². The Morgan fingerprint density at radius 1 is 1.36 bits per heavy atom. The van der Waals surface area contributed by atoms with Crippen molar-refractivity contribution < 1.29 is 17.9 Å². The molecule has 28 heavy (non-hydrogen) atoms. The molecule has 0 aliphatic heterocycles. The van der Waals surface area contributed by atoms with Crippen LogP contribution in [0, 0.1) is 6.92 Å². The molecule has 0 bridgehead atoms. The van der Waals surface area contributed by atoms with Gasteiger partial charge < -0.3 is 9.30 Å². The number of nitrogens with two attached hydrogens (primary N) is 1. The van der Waals surface area contributed by atoms with E-state index in [0.717, 1.165) is 11.2 Å².